The summed E-state index contributed by atoms with van der Waals surface area (Å²) >= 11 is -0.551. The van der Waals surface area contributed by atoms with Crippen LogP contribution in [0, 0.1) is 11.8 Å². The zero-order chi connectivity index (χ0) is 37.1. The fraction of sp³-hybridized carbons (Fsp3) is 0.812. The Morgan fingerprint density at radius 1 is 0.596 bits per heavy atom. The minimum absolute atomic E-state index is 0.110. The molecule has 0 amide bonds. The molecule has 0 spiro atoms. The van der Waals surface area contributed by atoms with Gasteiger partial charge in [-0.3, -0.25) is 0 Å². The molecule has 6 radical (unpaired) electrons. The van der Waals surface area contributed by atoms with E-state index in [9.17, 15) is 59.4 Å². The molecule has 0 rings (SSSR count). The third-order valence-corrected chi connectivity index (χ3v) is 10.3. The fourth-order valence-corrected chi connectivity index (χ4v) is 6.89. The Morgan fingerprint density at radius 2 is 0.915 bits per heavy atom. The molecule has 0 aliphatic rings. The third kappa shape index (κ3) is 30.6. The topological polar surface area (TPSA) is 254 Å². The van der Waals surface area contributed by atoms with Crippen molar-refractivity contribution in [3.05, 3.63) is 0 Å². The predicted molar refractivity (Wildman–Crippen MR) is 164 cm³/mol. The first-order valence-corrected chi connectivity index (χ1v) is 19.9. The number of carboxylic acid groups (broad SMARTS) is 4. The predicted octanol–water partition coefficient (Wildman–Crippen LogP) is -0.919. The van der Waals surface area contributed by atoms with Crippen LogP contribution in [0.2, 0.25) is 8.87 Å². The summed E-state index contributed by atoms with van der Waals surface area (Å²) in [6.07, 6.45) is 5.35. The molecule has 270 valence electrons. The number of aliphatic carboxylic acids is 4. The van der Waals surface area contributed by atoms with E-state index < -0.39 is 69.1 Å². The molecule has 2 unspecified atom stereocenters. The molecule has 0 saturated carbocycles. The van der Waals surface area contributed by atoms with Gasteiger partial charge in [0.2, 0.25) is 0 Å². The van der Waals surface area contributed by atoms with Crippen LogP contribution in [0.4, 0.5) is 0 Å². The van der Waals surface area contributed by atoms with Gasteiger partial charge in [-0.1, -0.05) is 79.1 Å². The number of ether oxygens (including phenoxy) is 2. The van der Waals surface area contributed by atoms with Crippen LogP contribution in [0.15, 0.2) is 0 Å². The number of rotatable bonds is 24. The van der Waals surface area contributed by atoms with E-state index in [-0.39, 0.29) is 24.8 Å². The average Bonchev–Trinajstić information content (AvgIpc) is 2.95. The molecule has 0 aromatic carbocycles. The Labute approximate surface area is 288 Å². The molecule has 0 saturated heterocycles. The molecule has 0 aromatic heterocycles. The van der Waals surface area contributed by atoms with Crippen LogP contribution in [-0.2, 0) is 38.2 Å². The van der Waals surface area contributed by atoms with Crippen molar-refractivity contribution < 1.29 is 68.9 Å². The molecule has 0 aliphatic heterocycles. The Kier molecular flexibility index (Phi) is 29.7. The molecule has 2 N–H and O–H groups in total. The average molecular weight is 781 g/mol. The number of esters is 2. The van der Waals surface area contributed by atoms with Crippen molar-refractivity contribution in [1.29, 1.82) is 0 Å². The number of carboxylic acids is 4. The molecule has 15 heteroatoms. The summed E-state index contributed by atoms with van der Waals surface area (Å²) < 4.78 is 10.9. The summed E-state index contributed by atoms with van der Waals surface area (Å²) in [6, 6.07) is 0. The van der Waals surface area contributed by atoms with Gasteiger partial charge in [-0.05, 0) is 24.7 Å². The fourth-order valence-electron chi connectivity index (χ4n) is 4.01. The van der Waals surface area contributed by atoms with Crippen LogP contribution in [0.3, 0.4) is 0 Å². The van der Waals surface area contributed by atoms with E-state index in [0.717, 1.165) is 47.4 Å². The van der Waals surface area contributed by atoms with Gasteiger partial charge in [0.15, 0.2) is 0 Å². The van der Waals surface area contributed by atoms with E-state index in [1.165, 1.54) is 14.2 Å². The minimum atomic E-state index is -2.29. The summed E-state index contributed by atoms with van der Waals surface area (Å²) in [4.78, 5) is 63.4. The molecule has 0 aromatic rings. The van der Waals surface area contributed by atoms with E-state index in [0.29, 0.717) is 37.5 Å². The van der Waals surface area contributed by atoms with Crippen molar-refractivity contribution in [3.8, 4) is 0 Å². The van der Waals surface area contributed by atoms with Gasteiger partial charge in [0.05, 0.1) is 11.9 Å². The van der Waals surface area contributed by atoms with Crippen LogP contribution in [0.1, 0.15) is 118 Å². The van der Waals surface area contributed by atoms with Crippen LogP contribution < -0.4 is 20.4 Å². The first-order valence-electron chi connectivity index (χ1n) is 15.9. The summed E-state index contributed by atoms with van der Waals surface area (Å²) in [7, 11) is 2.78. The summed E-state index contributed by atoms with van der Waals surface area (Å²) in [5, 5.41) is 61.2. The first-order chi connectivity index (χ1) is 21.8. The SMILES string of the molecule is CC(C)CCCCCC(O)(CC(=O)[O-])C(=O)[O-].CC(C)CCCCCC(O)(CC(=O)[O-])C(=O)[O-].COC(=O)C[CH2][Sn+4][CH2]CC(=O)OC. The van der Waals surface area contributed by atoms with Crippen LogP contribution in [-0.4, -0.2) is 92.6 Å². The Balaban J connectivity index is -0.000000625. The number of carbonyl (C=O) groups excluding carboxylic acids is 6. The van der Waals surface area contributed by atoms with Crippen LogP contribution in [0.5, 0.6) is 0 Å². The maximum absolute atomic E-state index is 10.7. The van der Waals surface area contributed by atoms with Gasteiger partial charge >= 0.3 is 88.1 Å². The van der Waals surface area contributed by atoms with Crippen molar-refractivity contribution in [3.63, 3.8) is 0 Å². The van der Waals surface area contributed by atoms with Gasteiger partial charge in [-0.25, -0.2) is 0 Å². The number of aliphatic hydroxyl groups is 2. The molecule has 2 atom stereocenters. The Hall–Kier alpha value is -2.46. The second-order valence-electron chi connectivity index (χ2n) is 12.1. The van der Waals surface area contributed by atoms with E-state index in [2.05, 4.69) is 37.2 Å². The molecule has 0 heterocycles. The standard InChI is InChI=1S/2C12H22O5.2C4H7O2.Sn/c2*1-9(2)6-4-3-5-7-12(17,11(15)16)8-10(13)14;2*1-3-4(5)6-2;/h2*9,17H,3-8H2,1-2H3,(H,13,14)(H,15,16);2*1,3H2,2H3;/q;;;;+4/p-4. The number of unbranched alkanes of at least 4 members (excludes halogenated alkanes) is 4. The van der Waals surface area contributed by atoms with Gasteiger partial charge in [-0.15, -0.1) is 0 Å². The number of carbonyl (C=O) groups is 6. The van der Waals surface area contributed by atoms with Gasteiger partial charge in [0.25, 0.3) is 0 Å². The van der Waals surface area contributed by atoms with Gasteiger partial charge in [-0.2, -0.15) is 0 Å². The van der Waals surface area contributed by atoms with E-state index in [4.69, 9.17) is 0 Å². The second kappa shape index (κ2) is 28.5. The molecule has 0 aliphatic carbocycles. The van der Waals surface area contributed by atoms with Crippen LogP contribution >= 0.6 is 0 Å². The van der Waals surface area contributed by atoms with Crippen LogP contribution in [0.25, 0.3) is 0 Å². The third-order valence-electron chi connectivity index (χ3n) is 6.84. The first kappa shape index (κ1) is 48.9. The van der Waals surface area contributed by atoms with Crippen molar-refractivity contribution in [1.82, 2.24) is 0 Å². The van der Waals surface area contributed by atoms with Gasteiger partial charge in [0.1, 0.15) is 11.2 Å². The maximum atomic E-state index is 10.7. The number of methoxy groups -OCH3 is 2. The zero-order valence-electron chi connectivity index (χ0n) is 28.8. The molecular formula is C32H54O14Sn. The van der Waals surface area contributed by atoms with Gasteiger partial charge < -0.3 is 49.8 Å². The normalized spacial score (nSPS) is 13.1. The quantitative estimate of drug-likeness (QED) is 0.0683. The molecule has 0 fully saturated rings. The van der Waals surface area contributed by atoms with Crippen molar-refractivity contribution in [2.75, 3.05) is 14.2 Å². The summed E-state index contributed by atoms with van der Waals surface area (Å²) in [6.45, 7) is 8.36. The van der Waals surface area contributed by atoms with E-state index in [1.807, 2.05) is 0 Å². The van der Waals surface area contributed by atoms with Gasteiger partial charge in [0, 0.05) is 24.8 Å². The number of hydrogen-bond acceptors (Lipinski definition) is 14. The summed E-state index contributed by atoms with van der Waals surface area (Å²) in [5.41, 5.74) is -4.59. The Bertz CT molecular complexity index is 851. The molecular weight excluding hydrogens is 727 g/mol. The van der Waals surface area contributed by atoms with E-state index in [1.54, 1.807) is 0 Å². The monoisotopic (exact) mass is 782 g/mol. The van der Waals surface area contributed by atoms with Crippen molar-refractivity contribution >= 4 is 57.0 Å². The molecule has 14 nitrogen and oxygen atoms in total. The number of hydrogen-bond donors (Lipinski definition) is 2. The van der Waals surface area contributed by atoms with E-state index >= 15 is 0 Å². The summed E-state index contributed by atoms with van der Waals surface area (Å²) in [5.74, 6) is -5.80. The Morgan fingerprint density at radius 3 is 1.15 bits per heavy atom. The van der Waals surface area contributed by atoms with Crippen molar-refractivity contribution in [2.24, 2.45) is 11.8 Å². The molecule has 47 heavy (non-hydrogen) atoms. The van der Waals surface area contributed by atoms with Crippen molar-refractivity contribution in [2.45, 2.75) is 138 Å². The second-order valence-corrected chi connectivity index (χ2v) is 16.4. The molecule has 0 bridgehead atoms. The zero-order valence-corrected chi connectivity index (χ0v) is 31.6.